The van der Waals surface area contributed by atoms with Crippen molar-refractivity contribution in [2.24, 2.45) is 17.8 Å². The SMILES string of the molecule is CC(C)CCCC(C)CCCC(C)CCCCO[C@@H]1OC[C@@H](O)[C@H](O)[C@H]1O. The molecule has 27 heavy (non-hydrogen) atoms. The summed E-state index contributed by atoms with van der Waals surface area (Å²) < 4.78 is 10.8. The first-order valence-electron chi connectivity index (χ1n) is 11.1. The van der Waals surface area contributed by atoms with Gasteiger partial charge in [-0.15, -0.1) is 0 Å². The van der Waals surface area contributed by atoms with E-state index in [9.17, 15) is 15.3 Å². The zero-order valence-electron chi connectivity index (χ0n) is 18.0. The van der Waals surface area contributed by atoms with Crippen LogP contribution in [0.15, 0.2) is 0 Å². The van der Waals surface area contributed by atoms with Crippen LogP contribution in [0.4, 0.5) is 0 Å². The van der Waals surface area contributed by atoms with E-state index in [1.807, 2.05) is 0 Å². The van der Waals surface area contributed by atoms with Gasteiger partial charge in [0.2, 0.25) is 0 Å². The molecule has 162 valence electrons. The van der Waals surface area contributed by atoms with Crippen LogP contribution in [0.25, 0.3) is 0 Å². The third-order valence-corrected chi connectivity index (χ3v) is 5.70. The van der Waals surface area contributed by atoms with Crippen LogP contribution in [0.3, 0.4) is 0 Å². The van der Waals surface area contributed by atoms with Gasteiger partial charge in [-0.1, -0.05) is 79.1 Å². The molecule has 0 aromatic rings. The van der Waals surface area contributed by atoms with Gasteiger partial charge in [0.1, 0.15) is 18.3 Å². The summed E-state index contributed by atoms with van der Waals surface area (Å²) in [6, 6.07) is 0. The quantitative estimate of drug-likeness (QED) is 0.394. The average molecular weight is 389 g/mol. The van der Waals surface area contributed by atoms with Crippen molar-refractivity contribution < 1.29 is 24.8 Å². The Bertz CT molecular complexity index is 363. The molecule has 5 nitrogen and oxygen atoms in total. The predicted molar refractivity (Wildman–Crippen MR) is 108 cm³/mol. The number of aliphatic hydroxyl groups excluding tert-OH is 3. The Morgan fingerprint density at radius 3 is 1.93 bits per heavy atom. The zero-order valence-corrected chi connectivity index (χ0v) is 18.0. The fourth-order valence-corrected chi connectivity index (χ4v) is 3.70. The van der Waals surface area contributed by atoms with Crippen LogP contribution < -0.4 is 0 Å². The summed E-state index contributed by atoms with van der Waals surface area (Å²) in [5.41, 5.74) is 0. The van der Waals surface area contributed by atoms with Gasteiger partial charge in [-0.05, 0) is 24.2 Å². The zero-order chi connectivity index (χ0) is 20.2. The summed E-state index contributed by atoms with van der Waals surface area (Å²) >= 11 is 0. The van der Waals surface area contributed by atoms with E-state index in [2.05, 4.69) is 27.7 Å². The van der Waals surface area contributed by atoms with Gasteiger partial charge in [-0.3, -0.25) is 0 Å². The van der Waals surface area contributed by atoms with Gasteiger partial charge in [0.05, 0.1) is 6.61 Å². The number of hydrogen-bond donors (Lipinski definition) is 3. The Balaban J connectivity index is 1.99. The maximum absolute atomic E-state index is 9.82. The molecule has 5 heteroatoms. The Labute approximate surface area is 166 Å². The van der Waals surface area contributed by atoms with E-state index in [1.165, 1.54) is 44.9 Å². The molecule has 0 saturated carbocycles. The maximum atomic E-state index is 9.82. The van der Waals surface area contributed by atoms with Crippen molar-refractivity contribution in [3.05, 3.63) is 0 Å². The molecule has 0 aliphatic carbocycles. The molecule has 1 saturated heterocycles. The van der Waals surface area contributed by atoms with Crippen LogP contribution in [0.5, 0.6) is 0 Å². The van der Waals surface area contributed by atoms with Crippen LogP contribution in [-0.2, 0) is 9.47 Å². The molecule has 0 aromatic carbocycles. The molecular weight excluding hydrogens is 344 g/mol. The van der Waals surface area contributed by atoms with Crippen molar-refractivity contribution in [3.8, 4) is 0 Å². The highest BCUT2D eigenvalue weighted by Crippen LogP contribution is 2.22. The minimum absolute atomic E-state index is 0.00415. The lowest BCUT2D eigenvalue weighted by Gasteiger charge is -2.34. The smallest absolute Gasteiger partial charge is 0.186 e. The first-order chi connectivity index (χ1) is 12.8. The maximum Gasteiger partial charge on any atom is 0.186 e. The second-order valence-corrected chi connectivity index (χ2v) is 9.08. The molecule has 0 aromatic heterocycles. The summed E-state index contributed by atoms with van der Waals surface area (Å²) in [7, 11) is 0. The number of aliphatic hydroxyl groups is 3. The van der Waals surface area contributed by atoms with Crippen molar-refractivity contribution in [1.29, 1.82) is 0 Å². The normalized spacial score (nSPS) is 28.4. The van der Waals surface area contributed by atoms with E-state index >= 15 is 0 Å². The van der Waals surface area contributed by atoms with Gasteiger partial charge in [-0.25, -0.2) is 0 Å². The average Bonchev–Trinajstić information content (AvgIpc) is 2.61. The van der Waals surface area contributed by atoms with E-state index in [0.29, 0.717) is 6.61 Å². The topological polar surface area (TPSA) is 79.2 Å². The molecule has 1 heterocycles. The molecule has 1 rings (SSSR count). The Morgan fingerprint density at radius 2 is 1.33 bits per heavy atom. The Kier molecular flexibility index (Phi) is 12.8. The van der Waals surface area contributed by atoms with Crippen LogP contribution in [0.2, 0.25) is 0 Å². The van der Waals surface area contributed by atoms with Gasteiger partial charge >= 0.3 is 0 Å². The highest BCUT2D eigenvalue weighted by Gasteiger charge is 2.37. The standard InChI is InChI=1S/C22H44O5/c1-16(2)9-7-11-18(4)13-8-12-17(3)10-5-6-14-26-22-21(25)20(24)19(23)15-27-22/h16-25H,5-15H2,1-4H3/t17?,18?,19-,20+,21-,22-/m1/s1. The van der Waals surface area contributed by atoms with Gasteiger partial charge in [0.15, 0.2) is 6.29 Å². The van der Waals surface area contributed by atoms with Gasteiger partial charge in [0, 0.05) is 6.61 Å². The lowest BCUT2D eigenvalue weighted by atomic mass is 9.92. The number of hydrogen-bond acceptors (Lipinski definition) is 5. The third-order valence-electron chi connectivity index (χ3n) is 5.70. The van der Waals surface area contributed by atoms with E-state index in [0.717, 1.165) is 30.6 Å². The third kappa shape index (κ3) is 10.8. The molecule has 1 aliphatic heterocycles. The largest absolute Gasteiger partial charge is 0.388 e. The van der Waals surface area contributed by atoms with Crippen molar-refractivity contribution in [2.45, 2.75) is 110 Å². The van der Waals surface area contributed by atoms with Crippen LogP contribution in [-0.4, -0.2) is 53.1 Å². The molecule has 6 atom stereocenters. The lowest BCUT2D eigenvalue weighted by Crippen LogP contribution is -2.53. The fourth-order valence-electron chi connectivity index (χ4n) is 3.70. The van der Waals surface area contributed by atoms with Gasteiger partial charge in [-0.2, -0.15) is 0 Å². The second kappa shape index (κ2) is 13.9. The summed E-state index contributed by atoms with van der Waals surface area (Å²) in [5, 5.41) is 28.9. The summed E-state index contributed by atoms with van der Waals surface area (Å²) in [5.74, 6) is 2.41. The molecule has 0 spiro atoms. The van der Waals surface area contributed by atoms with Crippen molar-refractivity contribution in [2.75, 3.05) is 13.2 Å². The van der Waals surface area contributed by atoms with Crippen molar-refractivity contribution in [3.63, 3.8) is 0 Å². The monoisotopic (exact) mass is 388 g/mol. The van der Waals surface area contributed by atoms with Crippen molar-refractivity contribution in [1.82, 2.24) is 0 Å². The molecular formula is C22H44O5. The van der Waals surface area contributed by atoms with Crippen LogP contribution in [0.1, 0.15) is 85.5 Å². The minimum Gasteiger partial charge on any atom is -0.388 e. The molecule has 3 N–H and O–H groups in total. The Morgan fingerprint density at radius 1 is 0.778 bits per heavy atom. The number of rotatable bonds is 14. The fraction of sp³-hybridized carbons (Fsp3) is 1.00. The summed E-state index contributed by atoms with van der Waals surface area (Å²) in [6.45, 7) is 9.82. The molecule has 1 aliphatic rings. The molecule has 0 bridgehead atoms. The molecule has 2 unspecified atom stereocenters. The van der Waals surface area contributed by atoms with Crippen molar-refractivity contribution >= 4 is 0 Å². The van der Waals surface area contributed by atoms with Crippen LogP contribution in [0, 0.1) is 17.8 Å². The van der Waals surface area contributed by atoms with Crippen LogP contribution >= 0.6 is 0 Å². The summed E-state index contributed by atoms with van der Waals surface area (Å²) in [4.78, 5) is 0. The van der Waals surface area contributed by atoms with Gasteiger partial charge in [0.25, 0.3) is 0 Å². The second-order valence-electron chi connectivity index (χ2n) is 9.08. The number of ether oxygens (including phenoxy) is 2. The van der Waals surface area contributed by atoms with E-state index in [-0.39, 0.29) is 6.61 Å². The number of unbranched alkanes of at least 4 members (excludes halogenated alkanes) is 1. The predicted octanol–water partition coefficient (Wildman–Crippen LogP) is 3.88. The first-order valence-corrected chi connectivity index (χ1v) is 11.1. The Hall–Kier alpha value is -0.200. The van der Waals surface area contributed by atoms with E-state index < -0.39 is 24.6 Å². The highest BCUT2D eigenvalue weighted by molar-refractivity contribution is 4.82. The molecule has 0 radical (unpaired) electrons. The first kappa shape index (κ1) is 24.8. The molecule has 0 amide bonds. The minimum atomic E-state index is -1.20. The summed E-state index contributed by atoms with van der Waals surface area (Å²) in [6.07, 6.45) is 6.99. The lowest BCUT2D eigenvalue weighted by molar-refractivity contribution is -0.270. The highest BCUT2D eigenvalue weighted by atomic mass is 16.7. The van der Waals surface area contributed by atoms with E-state index in [1.54, 1.807) is 0 Å². The van der Waals surface area contributed by atoms with E-state index in [4.69, 9.17) is 9.47 Å². The molecule has 1 fully saturated rings. The van der Waals surface area contributed by atoms with Gasteiger partial charge < -0.3 is 24.8 Å².